The molecule has 1 nitrogen and oxygen atoms in total. The largest absolute Gasteiger partial charge is 0.313 e. The molecule has 0 aliphatic carbocycles. The molecule has 0 spiro atoms. The second kappa shape index (κ2) is 7.58. The maximum atomic E-state index is 6.29. The number of hydrogen-bond donors (Lipinski definition) is 1. The molecule has 0 aliphatic heterocycles. The smallest absolute Gasteiger partial charge is 0.0546 e. The third-order valence-electron chi connectivity index (χ3n) is 2.74. The molecule has 0 aliphatic rings. The van der Waals surface area contributed by atoms with Gasteiger partial charge in [0.05, 0.1) is 5.02 Å². The molecule has 0 saturated heterocycles. The van der Waals surface area contributed by atoms with Crippen molar-refractivity contribution in [1.29, 1.82) is 0 Å². The highest BCUT2D eigenvalue weighted by molar-refractivity contribution is 7.99. The molecule has 5 heteroatoms. The van der Waals surface area contributed by atoms with Crippen LogP contribution in [0.2, 0.25) is 15.1 Å². The molecule has 0 heterocycles. The number of hydrogen-bond acceptors (Lipinski definition) is 2. The van der Waals surface area contributed by atoms with Gasteiger partial charge in [-0.2, -0.15) is 0 Å². The first-order chi connectivity index (χ1) is 9.61. The highest BCUT2D eigenvalue weighted by Crippen LogP contribution is 2.38. The molecule has 0 bridgehead atoms. The van der Waals surface area contributed by atoms with E-state index in [1.54, 1.807) is 23.9 Å². The topological polar surface area (TPSA) is 12.0 Å². The Kier molecular flexibility index (Phi) is 6.06. The molecule has 0 fully saturated rings. The van der Waals surface area contributed by atoms with Crippen molar-refractivity contribution in [3.8, 4) is 0 Å². The number of benzene rings is 2. The van der Waals surface area contributed by atoms with Crippen LogP contribution in [0, 0.1) is 0 Å². The monoisotopic (exact) mass is 345 g/mol. The lowest BCUT2D eigenvalue weighted by molar-refractivity contribution is 0.718. The molecule has 2 aromatic carbocycles. The van der Waals surface area contributed by atoms with Crippen molar-refractivity contribution < 1.29 is 0 Å². The first kappa shape index (κ1) is 16.0. The molecule has 0 atom stereocenters. The summed E-state index contributed by atoms with van der Waals surface area (Å²) in [4.78, 5) is 2.02. The molecule has 2 aromatic rings. The van der Waals surface area contributed by atoms with Gasteiger partial charge in [0.1, 0.15) is 0 Å². The number of halogens is 3. The first-order valence-corrected chi connectivity index (χ1v) is 8.18. The lowest BCUT2D eigenvalue weighted by Crippen LogP contribution is -2.12. The molecule has 20 heavy (non-hydrogen) atoms. The molecule has 0 unspecified atom stereocenters. The molecule has 2 rings (SSSR count). The van der Waals surface area contributed by atoms with Crippen LogP contribution in [0.4, 0.5) is 0 Å². The summed E-state index contributed by atoms with van der Waals surface area (Å²) in [6.07, 6.45) is 0. The van der Waals surface area contributed by atoms with E-state index in [9.17, 15) is 0 Å². The maximum absolute atomic E-state index is 6.29. The Morgan fingerprint density at radius 3 is 2.55 bits per heavy atom. The van der Waals surface area contributed by atoms with Crippen LogP contribution in [0.3, 0.4) is 0 Å². The Labute approximate surface area is 138 Å². The molecular formula is C15H14Cl3NS. The summed E-state index contributed by atoms with van der Waals surface area (Å²) < 4.78 is 0. The van der Waals surface area contributed by atoms with Crippen LogP contribution in [0.15, 0.2) is 46.2 Å². The van der Waals surface area contributed by atoms with Gasteiger partial charge in [0.15, 0.2) is 0 Å². The average molecular weight is 347 g/mol. The van der Waals surface area contributed by atoms with Gasteiger partial charge in [0, 0.05) is 26.4 Å². The van der Waals surface area contributed by atoms with E-state index in [1.807, 2.05) is 24.3 Å². The van der Waals surface area contributed by atoms with Crippen molar-refractivity contribution >= 4 is 46.6 Å². The molecule has 106 valence electrons. The highest BCUT2D eigenvalue weighted by atomic mass is 35.5. The maximum Gasteiger partial charge on any atom is 0.0546 e. The Balaban J connectivity index is 2.33. The van der Waals surface area contributed by atoms with Crippen LogP contribution >= 0.6 is 46.6 Å². The van der Waals surface area contributed by atoms with E-state index in [-0.39, 0.29) is 0 Å². The predicted octanol–water partition coefficient (Wildman–Crippen LogP) is 5.91. The van der Waals surface area contributed by atoms with E-state index < -0.39 is 0 Å². The predicted molar refractivity (Wildman–Crippen MR) is 89.4 cm³/mol. The Morgan fingerprint density at radius 1 is 1.00 bits per heavy atom. The van der Waals surface area contributed by atoms with Crippen molar-refractivity contribution in [2.45, 2.75) is 23.3 Å². The third kappa shape index (κ3) is 4.06. The summed E-state index contributed by atoms with van der Waals surface area (Å²) in [6, 6.07) is 11.3. The fourth-order valence-corrected chi connectivity index (χ4v) is 3.54. The van der Waals surface area contributed by atoms with Gasteiger partial charge in [-0.05, 0) is 42.4 Å². The van der Waals surface area contributed by atoms with Crippen molar-refractivity contribution in [3.63, 3.8) is 0 Å². The zero-order valence-electron chi connectivity index (χ0n) is 10.9. The Bertz CT molecular complexity index is 602. The van der Waals surface area contributed by atoms with E-state index in [1.165, 1.54) is 0 Å². The normalized spacial score (nSPS) is 10.8. The van der Waals surface area contributed by atoms with Gasteiger partial charge >= 0.3 is 0 Å². The third-order valence-corrected chi connectivity index (χ3v) is 4.93. The van der Waals surface area contributed by atoms with E-state index in [0.29, 0.717) is 10.0 Å². The van der Waals surface area contributed by atoms with Crippen LogP contribution in [0.1, 0.15) is 12.5 Å². The summed E-state index contributed by atoms with van der Waals surface area (Å²) in [6.45, 7) is 3.70. The standard InChI is InChI=1S/C15H14Cl3NS/c1-2-19-9-11-12(17)4-3-5-14(11)20-15-8-10(16)6-7-13(15)18/h3-8,19H,2,9H2,1H3. The average Bonchev–Trinajstić information content (AvgIpc) is 2.42. The molecule has 0 saturated carbocycles. The molecular weight excluding hydrogens is 333 g/mol. The van der Waals surface area contributed by atoms with Crippen LogP contribution < -0.4 is 5.32 Å². The zero-order valence-corrected chi connectivity index (χ0v) is 14.0. The molecule has 0 aromatic heterocycles. The lowest BCUT2D eigenvalue weighted by Gasteiger charge is -2.12. The van der Waals surface area contributed by atoms with Gasteiger partial charge in [-0.1, -0.05) is 59.6 Å². The van der Waals surface area contributed by atoms with Gasteiger partial charge in [-0.15, -0.1) is 0 Å². The van der Waals surface area contributed by atoms with E-state index in [2.05, 4.69) is 12.2 Å². The zero-order chi connectivity index (χ0) is 14.5. The summed E-state index contributed by atoms with van der Waals surface area (Å²) in [7, 11) is 0. The van der Waals surface area contributed by atoms with Crippen molar-refractivity contribution in [3.05, 3.63) is 57.0 Å². The second-order valence-electron chi connectivity index (χ2n) is 4.17. The quantitative estimate of drug-likeness (QED) is 0.722. The minimum Gasteiger partial charge on any atom is -0.313 e. The van der Waals surface area contributed by atoms with Crippen LogP contribution in [-0.4, -0.2) is 6.54 Å². The molecule has 0 amide bonds. The minimum absolute atomic E-state index is 0.673. The Hall–Kier alpha value is -0.380. The van der Waals surface area contributed by atoms with Gasteiger partial charge < -0.3 is 5.32 Å². The SMILES string of the molecule is CCNCc1c(Cl)cccc1Sc1cc(Cl)ccc1Cl. The molecule has 0 radical (unpaired) electrons. The van der Waals surface area contributed by atoms with Gasteiger partial charge in [0.2, 0.25) is 0 Å². The van der Waals surface area contributed by atoms with Crippen molar-refractivity contribution in [2.24, 2.45) is 0 Å². The van der Waals surface area contributed by atoms with Crippen LogP contribution in [0.5, 0.6) is 0 Å². The fraction of sp³-hybridized carbons (Fsp3) is 0.200. The van der Waals surface area contributed by atoms with Gasteiger partial charge in [-0.3, -0.25) is 0 Å². The minimum atomic E-state index is 0.673. The fourth-order valence-electron chi connectivity index (χ4n) is 1.73. The first-order valence-electron chi connectivity index (χ1n) is 6.23. The number of rotatable bonds is 5. The van der Waals surface area contributed by atoms with E-state index in [0.717, 1.165) is 33.5 Å². The Morgan fingerprint density at radius 2 is 1.80 bits per heavy atom. The van der Waals surface area contributed by atoms with Crippen LogP contribution in [0.25, 0.3) is 0 Å². The number of nitrogens with one attached hydrogen (secondary N) is 1. The van der Waals surface area contributed by atoms with E-state index >= 15 is 0 Å². The summed E-state index contributed by atoms with van der Waals surface area (Å²) in [5.41, 5.74) is 1.08. The van der Waals surface area contributed by atoms with Crippen molar-refractivity contribution in [2.75, 3.05) is 6.54 Å². The lowest BCUT2D eigenvalue weighted by atomic mass is 10.2. The van der Waals surface area contributed by atoms with E-state index in [4.69, 9.17) is 34.8 Å². The van der Waals surface area contributed by atoms with Gasteiger partial charge in [0.25, 0.3) is 0 Å². The molecule has 1 N–H and O–H groups in total. The second-order valence-corrected chi connectivity index (χ2v) is 6.51. The highest BCUT2D eigenvalue weighted by Gasteiger charge is 2.10. The van der Waals surface area contributed by atoms with Gasteiger partial charge in [-0.25, -0.2) is 0 Å². The summed E-state index contributed by atoms with van der Waals surface area (Å²) >= 11 is 20.1. The summed E-state index contributed by atoms with van der Waals surface area (Å²) in [5.74, 6) is 0. The summed E-state index contributed by atoms with van der Waals surface area (Å²) in [5, 5.41) is 5.42. The van der Waals surface area contributed by atoms with Crippen LogP contribution in [-0.2, 0) is 6.54 Å². The van der Waals surface area contributed by atoms with Crippen molar-refractivity contribution in [1.82, 2.24) is 5.32 Å².